The summed E-state index contributed by atoms with van der Waals surface area (Å²) >= 11 is 0. The lowest BCUT2D eigenvalue weighted by molar-refractivity contribution is 0.0770. The van der Waals surface area contributed by atoms with Gasteiger partial charge in [-0.15, -0.1) is 0 Å². The van der Waals surface area contributed by atoms with E-state index in [1.807, 2.05) is 0 Å². The largest absolute Gasteiger partial charge is 0.379 e. The Labute approximate surface area is 105 Å². The van der Waals surface area contributed by atoms with Gasteiger partial charge in [0.25, 0.3) is 0 Å². The van der Waals surface area contributed by atoms with Gasteiger partial charge in [0.05, 0.1) is 6.10 Å². The number of rotatable bonds is 7. The molecule has 1 rings (SSSR count). The van der Waals surface area contributed by atoms with Gasteiger partial charge in [0.15, 0.2) is 0 Å². The fraction of sp³-hybridized carbons (Fsp3) is 0.600. The summed E-state index contributed by atoms with van der Waals surface area (Å²) < 4.78 is 5.50. The highest BCUT2D eigenvalue weighted by molar-refractivity contribution is 5.32. The molecule has 1 aromatic rings. The van der Waals surface area contributed by atoms with Gasteiger partial charge in [-0.1, -0.05) is 18.2 Å². The lowest BCUT2D eigenvalue weighted by Crippen LogP contribution is -2.18. The van der Waals surface area contributed by atoms with Crippen LogP contribution >= 0.6 is 0 Å². The SMILES string of the molecule is Cc1cccc(CNCCCOC(C)C)c1C. The van der Waals surface area contributed by atoms with Gasteiger partial charge in [-0.25, -0.2) is 0 Å². The van der Waals surface area contributed by atoms with Crippen LogP contribution in [0.4, 0.5) is 0 Å². The summed E-state index contributed by atoms with van der Waals surface area (Å²) in [4.78, 5) is 0. The Morgan fingerprint density at radius 3 is 2.71 bits per heavy atom. The lowest BCUT2D eigenvalue weighted by atomic mass is 10.0. The Balaban J connectivity index is 2.20. The van der Waals surface area contributed by atoms with E-state index < -0.39 is 0 Å². The Kier molecular flexibility index (Phi) is 6.23. The van der Waals surface area contributed by atoms with Gasteiger partial charge >= 0.3 is 0 Å². The first kappa shape index (κ1) is 14.2. The number of benzene rings is 1. The summed E-state index contributed by atoms with van der Waals surface area (Å²) in [6.45, 7) is 11.3. The standard InChI is InChI=1S/C15H25NO/c1-12(2)17-10-6-9-16-11-15-8-5-7-13(3)14(15)4/h5,7-8,12,16H,6,9-11H2,1-4H3. The average Bonchev–Trinajstić information content (AvgIpc) is 2.28. The van der Waals surface area contributed by atoms with E-state index in [0.29, 0.717) is 6.10 Å². The molecule has 17 heavy (non-hydrogen) atoms. The van der Waals surface area contributed by atoms with E-state index in [-0.39, 0.29) is 0 Å². The van der Waals surface area contributed by atoms with Gasteiger partial charge in [0, 0.05) is 13.2 Å². The maximum Gasteiger partial charge on any atom is 0.0518 e. The minimum atomic E-state index is 0.342. The fourth-order valence-corrected chi connectivity index (χ4v) is 1.74. The smallest absolute Gasteiger partial charge is 0.0518 e. The van der Waals surface area contributed by atoms with E-state index >= 15 is 0 Å². The second kappa shape index (κ2) is 7.46. The highest BCUT2D eigenvalue weighted by Gasteiger charge is 1.99. The summed E-state index contributed by atoms with van der Waals surface area (Å²) in [7, 11) is 0. The first-order valence-electron chi connectivity index (χ1n) is 6.48. The molecule has 0 aromatic heterocycles. The van der Waals surface area contributed by atoms with Crippen molar-refractivity contribution in [1.82, 2.24) is 5.32 Å². The van der Waals surface area contributed by atoms with Crippen LogP contribution in [0.15, 0.2) is 18.2 Å². The quantitative estimate of drug-likeness (QED) is 0.733. The molecule has 0 radical (unpaired) electrons. The molecule has 0 heterocycles. The third-order valence-electron chi connectivity index (χ3n) is 2.98. The van der Waals surface area contributed by atoms with E-state index in [1.165, 1.54) is 16.7 Å². The summed E-state index contributed by atoms with van der Waals surface area (Å²) in [5.41, 5.74) is 4.17. The Bertz CT molecular complexity index is 334. The van der Waals surface area contributed by atoms with Crippen molar-refractivity contribution in [2.75, 3.05) is 13.2 Å². The maximum absolute atomic E-state index is 5.50. The number of ether oxygens (including phenoxy) is 1. The molecule has 0 atom stereocenters. The Morgan fingerprint density at radius 2 is 2.00 bits per heavy atom. The van der Waals surface area contributed by atoms with Crippen LogP contribution in [-0.4, -0.2) is 19.3 Å². The van der Waals surface area contributed by atoms with Crippen molar-refractivity contribution in [2.24, 2.45) is 0 Å². The molecule has 96 valence electrons. The molecule has 0 saturated heterocycles. The van der Waals surface area contributed by atoms with E-state index in [2.05, 4.69) is 51.2 Å². The summed E-state index contributed by atoms with van der Waals surface area (Å²) in [6.07, 6.45) is 1.41. The molecule has 2 heteroatoms. The highest BCUT2D eigenvalue weighted by Crippen LogP contribution is 2.12. The van der Waals surface area contributed by atoms with Crippen LogP contribution in [0.2, 0.25) is 0 Å². The molecule has 2 nitrogen and oxygen atoms in total. The van der Waals surface area contributed by atoms with Gasteiger partial charge in [-0.3, -0.25) is 0 Å². The summed E-state index contributed by atoms with van der Waals surface area (Å²) in [5, 5.41) is 3.46. The van der Waals surface area contributed by atoms with Gasteiger partial charge in [0.2, 0.25) is 0 Å². The number of hydrogen-bond acceptors (Lipinski definition) is 2. The van der Waals surface area contributed by atoms with Crippen molar-refractivity contribution in [3.05, 3.63) is 34.9 Å². The maximum atomic E-state index is 5.50. The van der Waals surface area contributed by atoms with Crippen molar-refractivity contribution in [1.29, 1.82) is 0 Å². The minimum Gasteiger partial charge on any atom is -0.379 e. The summed E-state index contributed by atoms with van der Waals surface area (Å²) in [5.74, 6) is 0. The molecule has 0 fully saturated rings. The van der Waals surface area contributed by atoms with Crippen LogP contribution < -0.4 is 5.32 Å². The number of nitrogens with one attached hydrogen (secondary N) is 1. The van der Waals surface area contributed by atoms with Crippen LogP contribution in [0.25, 0.3) is 0 Å². The molecule has 0 aliphatic rings. The zero-order valence-electron chi connectivity index (χ0n) is 11.5. The topological polar surface area (TPSA) is 21.3 Å². The average molecular weight is 235 g/mol. The Morgan fingerprint density at radius 1 is 1.24 bits per heavy atom. The van der Waals surface area contributed by atoms with Crippen molar-refractivity contribution in [3.63, 3.8) is 0 Å². The molecule has 1 N–H and O–H groups in total. The molecule has 0 saturated carbocycles. The molecular weight excluding hydrogens is 210 g/mol. The number of aryl methyl sites for hydroxylation is 1. The van der Waals surface area contributed by atoms with Crippen LogP contribution in [0.5, 0.6) is 0 Å². The van der Waals surface area contributed by atoms with Crippen molar-refractivity contribution in [2.45, 2.75) is 46.8 Å². The molecule has 0 unspecified atom stereocenters. The van der Waals surface area contributed by atoms with E-state index in [9.17, 15) is 0 Å². The first-order valence-corrected chi connectivity index (χ1v) is 6.48. The molecule has 0 aliphatic carbocycles. The minimum absolute atomic E-state index is 0.342. The molecular formula is C15H25NO. The summed E-state index contributed by atoms with van der Waals surface area (Å²) in [6, 6.07) is 6.48. The molecule has 0 spiro atoms. The highest BCUT2D eigenvalue weighted by atomic mass is 16.5. The van der Waals surface area contributed by atoms with Crippen LogP contribution in [0.3, 0.4) is 0 Å². The molecule has 0 aliphatic heterocycles. The predicted octanol–water partition coefficient (Wildman–Crippen LogP) is 3.21. The second-order valence-electron chi connectivity index (χ2n) is 4.81. The third kappa shape index (κ3) is 5.33. The predicted molar refractivity (Wildman–Crippen MR) is 73.3 cm³/mol. The molecule has 0 amide bonds. The van der Waals surface area contributed by atoms with E-state index in [1.54, 1.807) is 0 Å². The van der Waals surface area contributed by atoms with Gasteiger partial charge < -0.3 is 10.1 Å². The van der Waals surface area contributed by atoms with E-state index in [4.69, 9.17) is 4.74 Å². The molecule has 0 bridgehead atoms. The van der Waals surface area contributed by atoms with Crippen molar-refractivity contribution >= 4 is 0 Å². The van der Waals surface area contributed by atoms with Gasteiger partial charge in [0.1, 0.15) is 0 Å². The van der Waals surface area contributed by atoms with E-state index in [0.717, 1.165) is 26.1 Å². The normalized spacial score (nSPS) is 11.1. The zero-order valence-corrected chi connectivity index (χ0v) is 11.5. The van der Waals surface area contributed by atoms with Crippen LogP contribution in [-0.2, 0) is 11.3 Å². The first-order chi connectivity index (χ1) is 8.11. The van der Waals surface area contributed by atoms with Crippen LogP contribution in [0.1, 0.15) is 37.0 Å². The second-order valence-corrected chi connectivity index (χ2v) is 4.81. The fourth-order valence-electron chi connectivity index (χ4n) is 1.74. The third-order valence-corrected chi connectivity index (χ3v) is 2.98. The van der Waals surface area contributed by atoms with Crippen molar-refractivity contribution in [3.8, 4) is 0 Å². The molecule has 1 aromatic carbocycles. The Hall–Kier alpha value is -0.860. The van der Waals surface area contributed by atoms with Crippen molar-refractivity contribution < 1.29 is 4.74 Å². The lowest BCUT2D eigenvalue weighted by Gasteiger charge is -2.10. The van der Waals surface area contributed by atoms with Gasteiger partial charge in [-0.2, -0.15) is 0 Å². The van der Waals surface area contributed by atoms with Gasteiger partial charge in [-0.05, 0) is 57.4 Å². The van der Waals surface area contributed by atoms with Crippen LogP contribution in [0, 0.1) is 13.8 Å². The number of hydrogen-bond donors (Lipinski definition) is 1. The zero-order chi connectivity index (χ0) is 12.7. The monoisotopic (exact) mass is 235 g/mol.